The van der Waals surface area contributed by atoms with Gasteiger partial charge in [0, 0.05) is 27.7 Å². The molecule has 1 N–H and O–H groups in total. The van der Waals surface area contributed by atoms with Gasteiger partial charge in [-0.05, 0) is 53.5 Å². The second-order valence-corrected chi connectivity index (χ2v) is 10.4. The summed E-state index contributed by atoms with van der Waals surface area (Å²) in [6, 6.07) is 16.1. The van der Waals surface area contributed by atoms with Crippen LogP contribution in [-0.4, -0.2) is 54.9 Å². The van der Waals surface area contributed by atoms with Crippen molar-refractivity contribution in [2.24, 2.45) is 0 Å². The molecule has 0 unspecified atom stereocenters. The first kappa shape index (κ1) is 29.7. The monoisotopic (exact) mass is 564 g/mol. The van der Waals surface area contributed by atoms with E-state index in [1.807, 2.05) is 6.07 Å². The van der Waals surface area contributed by atoms with E-state index in [2.05, 4.69) is 30.3 Å². The highest BCUT2D eigenvalue weighted by Crippen LogP contribution is 2.40. The van der Waals surface area contributed by atoms with Crippen molar-refractivity contribution in [3.63, 3.8) is 0 Å². The highest BCUT2D eigenvalue weighted by molar-refractivity contribution is 5.69. The minimum Gasteiger partial charge on any atom is -0.463 e. The number of hydrogen-bond acceptors (Lipinski definition) is 9. The number of carbonyl (C=O) groups excluding carboxylic acids is 4. The number of ether oxygens (including phenoxy) is 5. The summed E-state index contributed by atoms with van der Waals surface area (Å²) in [4.78, 5) is 48.0. The van der Waals surface area contributed by atoms with Crippen molar-refractivity contribution in [3.8, 4) is 6.07 Å². The number of nitrogens with one attached hydrogen (secondary N) is 1. The van der Waals surface area contributed by atoms with Gasteiger partial charge in [0.1, 0.15) is 24.4 Å². The number of rotatable bonds is 9. The second-order valence-electron chi connectivity index (χ2n) is 10.4. The van der Waals surface area contributed by atoms with E-state index in [-0.39, 0.29) is 6.61 Å². The Kier molecular flexibility index (Phi) is 9.40. The van der Waals surface area contributed by atoms with Gasteiger partial charge in [0.25, 0.3) is 0 Å². The van der Waals surface area contributed by atoms with Crippen LogP contribution in [0.1, 0.15) is 80.4 Å². The summed E-state index contributed by atoms with van der Waals surface area (Å²) in [6.45, 7) is 4.49. The SMILES string of the molecule is CC(=O)OC[C@H]1O[C@@H](c2ccc(C#[NH+])c(Cc3ccc(C4CC4)cc3)c2)[C@H](OC(C)=O)[C@@H](OC(C)=O)[C@@H]1OC(C)=O. The van der Waals surface area contributed by atoms with E-state index < -0.39 is 54.4 Å². The molecule has 0 radical (unpaired) electrons. The van der Waals surface area contributed by atoms with Crippen molar-refractivity contribution in [1.82, 2.24) is 0 Å². The van der Waals surface area contributed by atoms with Gasteiger partial charge in [-0.25, -0.2) is 0 Å². The molecule has 2 aromatic rings. The van der Waals surface area contributed by atoms with E-state index in [9.17, 15) is 19.2 Å². The van der Waals surface area contributed by atoms with Crippen LogP contribution < -0.4 is 5.26 Å². The van der Waals surface area contributed by atoms with E-state index in [4.69, 9.17) is 28.9 Å². The predicted molar refractivity (Wildman–Crippen MR) is 143 cm³/mol. The first-order valence-corrected chi connectivity index (χ1v) is 13.5. The molecule has 10 nitrogen and oxygen atoms in total. The Balaban J connectivity index is 1.73. The molecule has 5 atom stereocenters. The molecule has 1 aliphatic carbocycles. The van der Waals surface area contributed by atoms with Crippen molar-refractivity contribution in [2.45, 2.75) is 83.4 Å². The normalized spacial score (nSPS) is 23.5. The third-order valence-electron chi connectivity index (χ3n) is 7.01. The molecule has 41 heavy (non-hydrogen) atoms. The summed E-state index contributed by atoms with van der Waals surface area (Å²) in [7, 11) is 0. The molecule has 2 fully saturated rings. The largest absolute Gasteiger partial charge is 0.463 e. The minimum absolute atomic E-state index is 0.305. The lowest BCUT2D eigenvalue weighted by Crippen LogP contribution is -2.59. The second kappa shape index (κ2) is 13.0. The van der Waals surface area contributed by atoms with Gasteiger partial charge < -0.3 is 23.7 Å². The molecule has 1 saturated heterocycles. The highest BCUT2D eigenvalue weighted by atomic mass is 16.7. The molecule has 0 spiro atoms. The van der Waals surface area contributed by atoms with Crippen LogP contribution in [0.15, 0.2) is 42.5 Å². The molecule has 2 aromatic carbocycles. The van der Waals surface area contributed by atoms with Gasteiger partial charge in [-0.2, -0.15) is 0 Å². The van der Waals surface area contributed by atoms with Gasteiger partial charge in [-0.15, -0.1) is 0 Å². The van der Waals surface area contributed by atoms with Crippen molar-refractivity contribution >= 4 is 23.9 Å². The third kappa shape index (κ3) is 7.70. The molecule has 1 saturated carbocycles. The molecule has 0 aromatic heterocycles. The minimum atomic E-state index is -1.26. The maximum absolute atomic E-state index is 12.2. The number of hydrogen-bond donors (Lipinski definition) is 1. The fraction of sp³-hybridized carbons (Fsp3) is 0.452. The summed E-state index contributed by atoms with van der Waals surface area (Å²) in [5, 5.41) is 7.82. The van der Waals surface area contributed by atoms with Gasteiger partial charge in [0.05, 0.1) is 0 Å². The average molecular weight is 565 g/mol. The molecule has 2 aliphatic rings. The molecule has 1 heterocycles. The number of carbonyl (C=O) groups is 4. The molecular formula is C31H34NO9+. The summed E-state index contributed by atoms with van der Waals surface area (Å²) >= 11 is 0. The van der Waals surface area contributed by atoms with Crippen LogP contribution in [0.25, 0.3) is 0 Å². The lowest BCUT2D eigenvalue weighted by molar-refractivity contribution is -0.254. The Labute approximate surface area is 238 Å². The Morgan fingerprint density at radius 2 is 1.39 bits per heavy atom. The summed E-state index contributed by atoms with van der Waals surface area (Å²) < 4.78 is 28.1. The van der Waals surface area contributed by atoms with E-state index in [0.717, 1.165) is 11.1 Å². The van der Waals surface area contributed by atoms with E-state index in [1.165, 1.54) is 46.1 Å². The molecule has 0 bridgehead atoms. The number of esters is 4. The lowest BCUT2D eigenvalue weighted by atomic mass is 9.88. The molecule has 216 valence electrons. The predicted octanol–water partition coefficient (Wildman–Crippen LogP) is 2.07. The van der Waals surface area contributed by atoms with Gasteiger partial charge in [-0.1, -0.05) is 41.7 Å². The van der Waals surface area contributed by atoms with E-state index in [0.29, 0.717) is 23.5 Å². The lowest BCUT2D eigenvalue weighted by Gasteiger charge is -2.44. The van der Waals surface area contributed by atoms with Crippen molar-refractivity contribution in [1.29, 1.82) is 0 Å². The highest BCUT2D eigenvalue weighted by Gasteiger charge is 2.52. The van der Waals surface area contributed by atoms with Crippen LogP contribution in [0.3, 0.4) is 0 Å². The topological polar surface area (TPSA) is 138 Å². The molecular weight excluding hydrogens is 530 g/mol. The number of benzene rings is 2. The Hall–Kier alpha value is -4.23. The average Bonchev–Trinajstić information content (AvgIpc) is 3.75. The van der Waals surface area contributed by atoms with Crippen LogP contribution in [0, 0.1) is 6.07 Å². The molecule has 0 amide bonds. The Morgan fingerprint density at radius 1 is 0.805 bits per heavy atom. The van der Waals surface area contributed by atoms with E-state index >= 15 is 0 Å². The summed E-state index contributed by atoms with van der Waals surface area (Å²) in [5.74, 6) is -2.00. The van der Waals surface area contributed by atoms with Gasteiger partial charge in [0.2, 0.25) is 0 Å². The van der Waals surface area contributed by atoms with E-state index in [1.54, 1.807) is 12.1 Å². The molecule has 4 rings (SSSR count). The van der Waals surface area contributed by atoms with Gasteiger partial charge in [0.15, 0.2) is 18.3 Å². The van der Waals surface area contributed by atoms with Crippen molar-refractivity contribution < 1.29 is 48.1 Å². The van der Waals surface area contributed by atoms with Crippen LogP contribution >= 0.6 is 0 Å². The molecule has 10 heteroatoms. The van der Waals surface area contributed by atoms with Crippen molar-refractivity contribution in [2.75, 3.05) is 6.61 Å². The first-order chi connectivity index (χ1) is 19.5. The first-order valence-electron chi connectivity index (χ1n) is 13.5. The quantitative estimate of drug-likeness (QED) is 0.358. The zero-order chi connectivity index (χ0) is 29.7. The smallest absolute Gasteiger partial charge is 0.308 e. The van der Waals surface area contributed by atoms with Gasteiger partial charge >= 0.3 is 29.9 Å². The zero-order valence-electron chi connectivity index (χ0n) is 23.5. The van der Waals surface area contributed by atoms with Crippen LogP contribution in [0.2, 0.25) is 0 Å². The maximum Gasteiger partial charge on any atom is 0.308 e. The third-order valence-corrected chi connectivity index (χ3v) is 7.01. The standard InChI is InChI=1S/C31H33NO9/c1-17(33)37-16-27-29(38-18(2)34)31(40-20(4)36)30(39-19(3)35)28(41-27)24-11-12-25(15-32)26(14-24)13-21-5-7-22(8-6-21)23-9-10-23/h5-8,11-12,14,23,27-31H,9-10,13,16H2,1-4H3/p+1/t27-,28+,29-,30+,31+/m1/s1. The van der Waals surface area contributed by atoms with Crippen molar-refractivity contribution in [3.05, 3.63) is 70.3 Å². The van der Waals surface area contributed by atoms with Crippen LogP contribution in [0.4, 0.5) is 0 Å². The maximum atomic E-state index is 12.2. The van der Waals surface area contributed by atoms with Crippen LogP contribution in [-0.2, 0) is 49.3 Å². The zero-order valence-corrected chi connectivity index (χ0v) is 23.5. The summed E-state index contributed by atoms with van der Waals surface area (Å²) in [6.07, 6.45) is -2.79. The van der Waals surface area contributed by atoms with Crippen LogP contribution in [0.5, 0.6) is 0 Å². The summed E-state index contributed by atoms with van der Waals surface area (Å²) in [5.41, 5.74) is 4.28. The fourth-order valence-corrected chi connectivity index (χ4v) is 5.10. The Morgan fingerprint density at radius 3 is 1.95 bits per heavy atom. The molecule has 1 aliphatic heterocycles. The van der Waals surface area contributed by atoms with Gasteiger partial charge in [-0.3, -0.25) is 19.2 Å². The fourth-order valence-electron chi connectivity index (χ4n) is 5.10. The Bertz CT molecular complexity index is 1340.